The van der Waals surface area contributed by atoms with E-state index in [4.69, 9.17) is 4.74 Å². The summed E-state index contributed by atoms with van der Waals surface area (Å²) < 4.78 is 5.48. The second-order valence-electron chi connectivity index (χ2n) is 7.92. The largest absolute Gasteiger partial charge is 0.495 e. The van der Waals surface area contributed by atoms with Gasteiger partial charge in [-0.25, -0.2) is 0 Å². The van der Waals surface area contributed by atoms with Crippen LogP contribution in [0.4, 0.5) is 5.69 Å². The highest BCUT2D eigenvalue weighted by Gasteiger charge is 2.32. The van der Waals surface area contributed by atoms with Crippen LogP contribution in [-0.4, -0.2) is 62.3 Å². The average molecular weight is 472 g/mol. The van der Waals surface area contributed by atoms with Crippen LogP contribution in [0.1, 0.15) is 17.5 Å². The minimum Gasteiger partial charge on any atom is -0.495 e. The third-order valence-electron chi connectivity index (χ3n) is 5.97. The molecule has 1 fully saturated rings. The lowest BCUT2D eigenvalue weighted by molar-refractivity contribution is -0.122. The SMILES string of the molecule is COc1ccccc1N1CCN(CC(=O)NCCC(O)(c2ccsc2)c2ccsc2)CC1. The maximum Gasteiger partial charge on any atom is 0.234 e. The minimum absolute atomic E-state index is 0.00581. The number of methoxy groups -OCH3 is 1. The number of thiophene rings is 2. The van der Waals surface area contributed by atoms with Crippen molar-refractivity contribution in [2.75, 3.05) is 51.3 Å². The van der Waals surface area contributed by atoms with Gasteiger partial charge >= 0.3 is 0 Å². The number of benzene rings is 1. The topological polar surface area (TPSA) is 65.0 Å². The number of para-hydroxylation sites is 2. The number of carbonyl (C=O) groups excluding carboxylic acids is 1. The van der Waals surface area contributed by atoms with Gasteiger partial charge in [-0.1, -0.05) is 12.1 Å². The monoisotopic (exact) mass is 471 g/mol. The molecule has 3 aromatic rings. The van der Waals surface area contributed by atoms with Crippen LogP contribution in [0.5, 0.6) is 5.75 Å². The Kier molecular flexibility index (Phi) is 7.47. The standard InChI is InChI=1S/C24H29N3O3S2/c1-30-22-5-3-2-4-21(22)27-12-10-26(11-13-27)16-23(28)25-9-8-24(29,19-6-14-31-17-19)20-7-15-32-18-20/h2-7,14-15,17-18,29H,8-13,16H2,1H3,(H,25,28). The van der Waals surface area contributed by atoms with Crippen LogP contribution in [0.15, 0.2) is 57.9 Å². The van der Waals surface area contributed by atoms with Crippen molar-refractivity contribution in [3.05, 3.63) is 69.0 Å². The molecule has 8 heteroatoms. The maximum atomic E-state index is 12.6. The van der Waals surface area contributed by atoms with Crippen molar-refractivity contribution >= 4 is 34.3 Å². The van der Waals surface area contributed by atoms with Crippen LogP contribution in [0, 0.1) is 0 Å². The van der Waals surface area contributed by atoms with Crippen LogP contribution < -0.4 is 15.0 Å². The van der Waals surface area contributed by atoms with Gasteiger partial charge in [-0.15, -0.1) is 0 Å². The molecule has 0 aliphatic carbocycles. The molecular formula is C24H29N3O3S2. The summed E-state index contributed by atoms with van der Waals surface area (Å²) in [6.07, 6.45) is 0.438. The van der Waals surface area contributed by atoms with Gasteiger partial charge in [-0.05, 0) is 56.9 Å². The molecule has 0 saturated carbocycles. The number of aliphatic hydroxyl groups is 1. The average Bonchev–Trinajstić information content (AvgIpc) is 3.54. The summed E-state index contributed by atoms with van der Waals surface area (Å²) in [6.45, 7) is 4.13. The highest BCUT2D eigenvalue weighted by molar-refractivity contribution is 7.08. The van der Waals surface area contributed by atoms with Gasteiger partial charge in [-0.3, -0.25) is 9.69 Å². The highest BCUT2D eigenvalue weighted by Crippen LogP contribution is 2.35. The zero-order valence-electron chi connectivity index (χ0n) is 18.2. The fourth-order valence-corrected chi connectivity index (χ4v) is 5.58. The van der Waals surface area contributed by atoms with E-state index in [2.05, 4.69) is 21.2 Å². The van der Waals surface area contributed by atoms with Crippen LogP contribution in [0.25, 0.3) is 0 Å². The molecule has 1 aliphatic rings. The predicted octanol–water partition coefficient (Wildman–Crippen LogP) is 3.38. The summed E-state index contributed by atoms with van der Waals surface area (Å²) in [4.78, 5) is 17.0. The number of hydrogen-bond acceptors (Lipinski definition) is 7. The summed E-state index contributed by atoms with van der Waals surface area (Å²) in [5.74, 6) is 0.871. The predicted molar refractivity (Wildman–Crippen MR) is 131 cm³/mol. The van der Waals surface area contributed by atoms with Gasteiger partial charge in [-0.2, -0.15) is 22.7 Å². The van der Waals surface area contributed by atoms with Gasteiger partial charge in [0, 0.05) is 39.1 Å². The molecule has 0 radical (unpaired) electrons. The molecule has 1 amide bonds. The van der Waals surface area contributed by atoms with Crippen LogP contribution in [-0.2, 0) is 10.4 Å². The third kappa shape index (κ3) is 5.15. The fourth-order valence-electron chi connectivity index (χ4n) is 4.13. The number of carbonyl (C=O) groups is 1. The number of nitrogens with one attached hydrogen (secondary N) is 1. The Morgan fingerprint density at radius 3 is 2.31 bits per heavy atom. The molecule has 6 nitrogen and oxygen atoms in total. The Morgan fingerprint density at radius 2 is 1.72 bits per heavy atom. The van der Waals surface area contributed by atoms with Crippen molar-refractivity contribution in [2.24, 2.45) is 0 Å². The molecule has 4 rings (SSSR count). The quantitative estimate of drug-likeness (QED) is 0.501. The van der Waals surface area contributed by atoms with Gasteiger partial charge < -0.3 is 20.1 Å². The van der Waals surface area contributed by atoms with E-state index in [0.717, 1.165) is 48.7 Å². The fraction of sp³-hybridized carbons (Fsp3) is 0.375. The first-order valence-electron chi connectivity index (χ1n) is 10.7. The Labute approximate surface area is 197 Å². The van der Waals surface area contributed by atoms with E-state index in [0.29, 0.717) is 19.5 Å². The van der Waals surface area contributed by atoms with Crippen LogP contribution >= 0.6 is 22.7 Å². The zero-order valence-corrected chi connectivity index (χ0v) is 19.8. The lowest BCUT2D eigenvalue weighted by atomic mass is 9.87. The number of ether oxygens (including phenoxy) is 1. The van der Waals surface area contributed by atoms with E-state index in [1.807, 2.05) is 51.9 Å². The van der Waals surface area contributed by atoms with Crippen molar-refractivity contribution in [1.82, 2.24) is 10.2 Å². The van der Waals surface area contributed by atoms with Gasteiger partial charge in [0.15, 0.2) is 0 Å². The summed E-state index contributed by atoms with van der Waals surface area (Å²) in [7, 11) is 1.69. The molecular weight excluding hydrogens is 442 g/mol. The molecule has 2 aromatic heterocycles. The van der Waals surface area contributed by atoms with Crippen molar-refractivity contribution < 1.29 is 14.6 Å². The normalized spacial score (nSPS) is 15.0. The van der Waals surface area contributed by atoms with E-state index in [-0.39, 0.29) is 5.91 Å². The van der Waals surface area contributed by atoms with Gasteiger partial charge in [0.05, 0.1) is 19.3 Å². The Bertz CT molecular complexity index is 950. The molecule has 0 atom stereocenters. The molecule has 32 heavy (non-hydrogen) atoms. The number of anilines is 1. The Morgan fingerprint density at radius 1 is 1.06 bits per heavy atom. The molecule has 0 unspecified atom stereocenters. The second kappa shape index (κ2) is 10.5. The molecule has 170 valence electrons. The number of nitrogens with zero attached hydrogens (tertiary/aromatic N) is 2. The van der Waals surface area contributed by atoms with Crippen molar-refractivity contribution in [2.45, 2.75) is 12.0 Å². The first-order chi connectivity index (χ1) is 15.6. The summed E-state index contributed by atoms with van der Waals surface area (Å²) in [5.41, 5.74) is 1.78. The summed E-state index contributed by atoms with van der Waals surface area (Å²) in [6, 6.07) is 11.9. The molecule has 2 N–H and O–H groups in total. The first kappa shape index (κ1) is 22.8. The molecule has 1 saturated heterocycles. The van der Waals surface area contributed by atoms with E-state index < -0.39 is 5.60 Å². The molecule has 0 spiro atoms. The lowest BCUT2D eigenvalue weighted by Gasteiger charge is -2.36. The number of piperazine rings is 1. The van der Waals surface area contributed by atoms with Crippen LogP contribution in [0.3, 0.4) is 0 Å². The second-order valence-corrected chi connectivity index (χ2v) is 9.48. The van der Waals surface area contributed by atoms with Crippen molar-refractivity contribution in [1.29, 1.82) is 0 Å². The molecule has 3 heterocycles. The van der Waals surface area contributed by atoms with Crippen molar-refractivity contribution in [3.8, 4) is 5.75 Å². The smallest absolute Gasteiger partial charge is 0.234 e. The number of hydrogen-bond donors (Lipinski definition) is 2. The minimum atomic E-state index is -1.08. The summed E-state index contributed by atoms with van der Waals surface area (Å²) >= 11 is 3.13. The number of amides is 1. The highest BCUT2D eigenvalue weighted by atomic mass is 32.1. The number of rotatable bonds is 9. The Balaban J connectivity index is 1.26. The van der Waals surface area contributed by atoms with E-state index in [1.54, 1.807) is 29.8 Å². The van der Waals surface area contributed by atoms with Gasteiger partial charge in [0.1, 0.15) is 11.4 Å². The third-order valence-corrected chi connectivity index (χ3v) is 7.34. The van der Waals surface area contributed by atoms with Crippen LogP contribution in [0.2, 0.25) is 0 Å². The van der Waals surface area contributed by atoms with Gasteiger partial charge in [0.2, 0.25) is 5.91 Å². The first-order valence-corrected chi connectivity index (χ1v) is 12.6. The zero-order chi connectivity index (χ0) is 22.4. The van der Waals surface area contributed by atoms with E-state index >= 15 is 0 Å². The Hall–Kier alpha value is -2.39. The lowest BCUT2D eigenvalue weighted by Crippen LogP contribution is -2.49. The van der Waals surface area contributed by atoms with E-state index in [9.17, 15) is 9.90 Å². The van der Waals surface area contributed by atoms with Crippen molar-refractivity contribution in [3.63, 3.8) is 0 Å². The molecule has 1 aliphatic heterocycles. The summed E-state index contributed by atoms with van der Waals surface area (Å²) in [5, 5.41) is 22.3. The van der Waals surface area contributed by atoms with Gasteiger partial charge in [0.25, 0.3) is 0 Å². The molecule has 1 aromatic carbocycles. The maximum absolute atomic E-state index is 12.6. The molecule has 0 bridgehead atoms. The van der Waals surface area contributed by atoms with E-state index in [1.165, 1.54) is 0 Å².